The quantitative estimate of drug-likeness (QED) is 0.719. The first-order chi connectivity index (χ1) is 10.0. The molecule has 0 saturated heterocycles. The second-order valence-electron chi connectivity index (χ2n) is 5.39. The average molecular weight is 308 g/mol. The molecule has 0 radical (unpaired) electrons. The fourth-order valence-electron chi connectivity index (χ4n) is 2.40. The van der Waals surface area contributed by atoms with E-state index in [1.54, 1.807) is 0 Å². The van der Waals surface area contributed by atoms with E-state index < -0.39 is 5.41 Å². The van der Waals surface area contributed by atoms with Crippen molar-refractivity contribution in [3.63, 3.8) is 0 Å². The van der Waals surface area contributed by atoms with Crippen molar-refractivity contribution in [2.75, 3.05) is 12.3 Å². The van der Waals surface area contributed by atoms with Gasteiger partial charge in [-0.05, 0) is 43.2 Å². The molecule has 0 aromatic heterocycles. The van der Waals surface area contributed by atoms with Crippen molar-refractivity contribution in [2.45, 2.75) is 51.5 Å². The normalized spacial score (nSPS) is 13.0. The number of rotatable bonds is 8. The molecule has 1 atom stereocenters. The van der Waals surface area contributed by atoms with Gasteiger partial charge in [0.1, 0.15) is 0 Å². The lowest BCUT2D eigenvalue weighted by atomic mass is 9.81. The molecule has 1 aromatic rings. The van der Waals surface area contributed by atoms with Crippen molar-refractivity contribution >= 4 is 17.7 Å². The highest BCUT2D eigenvalue weighted by atomic mass is 32.2. The molecule has 21 heavy (non-hydrogen) atoms. The van der Waals surface area contributed by atoms with E-state index in [9.17, 15) is 4.79 Å². The highest BCUT2D eigenvalue weighted by molar-refractivity contribution is 7.99. The third-order valence-corrected chi connectivity index (χ3v) is 5.16. The predicted molar refractivity (Wildman–Crippen MR) is 91.5 cm³/mol. The first-order valence-corrected chi connectivity index (χ1v) is 8.75. The van der Waals surface area contributed by atoms with Gasteiger partial charge in [0.15, 0.2) is 0 Å². The molecule has 3 N–H and O–H groups in total. The van der Waals surface area contributed by atoms with Crippen molar-refractivity contribution in [3.05, 3.63) is 29.8 Å². The van der Waals surface area contributed by atoms with E-state index in [1.807, 2.05) is 32.5 Å². The molecular weight excluding hydrogens is 280 g/mol. The standard InChI is InChI=1S/C17H28N2OS/c1-5-17(6-2,12-18)16(20)19-13(4)14-8-10-15(11-9-14)21-7-3/h8-11,13H,5-7,12,18H2,1-4H3,(H,19,20). The van der Waals surface area contributed by atoms with Gasteiger partial charge < -0.3 is 11.1 Å². The van der Waals surface area contributed by atoms with E-state index in [1.165, 1.54) is 4.90 Å². The van der Waals surface area contributed by atoms with Crippen molar-refractivity contribution < 1.29 is 4.79 Å². The summed E-state index contributed by atoms with van der Waals surface area (Å²) in [7, 11) is 0. The lowest BCUT2D eigenvalue weighted by Gasteiger charge is -2.30. The molecule has 0 heterocycles. The molecule has 0 spiro atoms. The maximum Gasteiger partial charge on any atom is 0.227 e. The van der Waals surface area contributed by atoms with Gasteiger partial charge in [-0.25, -0.2) is 0 Å². The zero-order valence-corrected chi connectivity index (χ0v) is 14.4. The Kier molecular flexibility index (Phi) is 7.26. The first-order valence-electron chi connectivity index (χ1n) is 7.76. The summed E-state index contributed by atoms with van der Waals surface area (Å²) >= 11 is 1.82. The number of nitrogens with two attached hydrogens (primary N) is 1. The molecule has 0 aliphatic carbocycles. The smallest absolute Gasteiger partial charge is 0.227 e. The summed E-state index contributed by atoms with van der Waals surface area (Å²) in [5.41, 5.74) is 6.52. The van der Waals surface area contributed by atoms with Gasteiger partial charge >= 0.3 is 0 Å². The Hall–Kier alpha value is -1.00. The van der Waals surface area contributed by atoms with Crippen LogP contribution in [0.5, 0.6) is 0 Å². The van der Waals surface area contributed by atoms with E-state index in [2.05, 4.69) is 36.5 Å². The Bertz CT molecular complexity index is 432. The van der Waals surface area contributed by atoms with Crippen molar-refractivity contribution in [3.8, 4) is 0 Å². The molecule has 118 valence electrons. The maximum atomic E-state index is 12.5. The summed E-state index contributed by atoms with van der Waals surface area (Å²) in [5, 5.41) is 3.12. The molecular formula is C17H28N2OS. The van der Waals surface area contributed by atoms with Gasteiger partial charge in [-0.1, -0.05) is 32.9 Å². The average Bonchev–Trinajstić information content (AvgIpc) is 2.50. The van der Waals surface area contributed by atoms with Gasteiger partial charge in [0.2, 0.25) is 5.91 Å². The van der Waals surface area contributed by atoms with E-state index in [0.717, 1.165) is 24.2 Å². The summed E-state index contributed by atoms with van der Waals surface area (Å²) in [5.74, 6) is 1.13. The number of amides is 1. The Morgan fingerprint density at radius 1 is 1.24 bits per heavy atom. The van der Waals surface area contributed by atoms with E-state index in [4.69, 9.17) is 5.73 Å². The number of benzene rings is 1. The first kappa shape index (κ1) is 18.1. The van der Waals surface area contributed by atoms with Crippen LogP contribution in [0.1, 0.15) is 52.1 Å². The van der Waals surface area contributed by atoms with Crippen LogP contribution >= 0.6 is 11.8 Å². The van der Waals surface area contributed by atoms with Gasteiger partial charge in [-0.3, -0.25) is 4.79 Å². The van der Waals surface area contributed by atoms with Crippen LogP contribution in [-0.4, -0.2) is 18.2 Å². The molecule has 0 bridgehead atoms. The van der Waals surface area contributed by atoms with Crippen LogP contribution in [-0.2, 0) is 4.79 Å². The minimum absolute atomic E-state index is 0.00204. The van der Waals surface area contributed by atoms with Crippen LogP contribution < -0.4 is 11.1 Å². The van der Waals surface area contributed by atoms with Gasteiger partial charge in [0, 0.05) is 11.4 Å². The lowest BCUT2D eigenvalue weighted by Crippen LogP contribution is -2.46. The van der Waals surface area contributed by atoms with Crippen LogP contribution in [0.25, 0.3) is 0 Å². The summed E-state index contributed by atoms with van der Waals surface area (Å²) in [6.07, 6.45) is 1.54. The summed E-state index contributed by atoms with van der Waals surface area (Å²) in [4.78, 5) is 13.8. The van der Waals surface area contributed by atoms with Crippen molar-refractivity contribution in [2.24, 2.45) is 11.1 Å². The summed E-state index contributed by atoms with van der Waals surface area (Å²) in [6.45, 7) is 8.61. The molecule has 0 saturated carbocycles. The van der Waals surface area contributed by atoms with Crippen LogP contribution in [0, 0.1) is 5.41 Å². The SMILES string of the molecule is CCSc1ccc(C(C)NC(=O)C(CC)(CC)CN)cc1. The second kappa shape index (κ2) is 8.44. The van der Waals surface area contributed by atoms with Crippen LogP contribution in [0.3, 0.4) is 0 Å². The van der Waals surface area contributed by atoms with E-state index in [-0.39, 0.29) is 11.9 Å². The third kappa shape index (κ3) is 4.48. The zero-order valence-electron chi connectivity index (χ0n) is 13.6. The van der Waals surface area contributed by atoms with Crippen LogP contribution in [0.4, 0.5) is 0 Å². The fraction of sp³-hybridized carbons (Fsp3) is 0.588. The minimum atomic E-state index is -0.438. The van der Waals surface area contributed by atoms with Crippen LogP contribution in [0.2, 0.25) is 0 Å². The van der Waals surface area contributed by atoms with Crippen molar-refractivity contribution in [1.29, 1.82) is 0 Å². The molecule has 0 aliphatic rings. The molecule has 3 nitrogen and oxygen atoms in total. The minimum Gasteiger partial charge on any atom is -0.349 e. The van der Waals surface area contributed by atoms with Gasteiger partial charge in [-0.2, -0.15) is 0 Å². The molecule has 1 aromatic carbocycles. The number of hydrogen-bond acceptors (Lipinski definition) is 3. The molecule has 4 heteroatoms. The van der Waals surface area contributed by atoms with Crippen LogP contribution in [0.15, 0.2) is 29.2 Å². The van der Waals surface area contributed by atoms with E-state index >= 15 is 0 Å². The number of thioether (sulfide) groups is 1. The lowest BCUT2D eigenvalue weighted by molar-refractivity contribution is -0.131. The number of nitrogens with one attached hydrogen (secondary N) is 1. The van der Waals surface area contributed by atoms with Gasteiger partial charge in [-0.15, -0.1) is 11.8 Å². The van der Waals surface area contributed by atoms with Gasteiger partial charge in [0.05, 0.1) is 11.5 Å². The molecule has 0 fully saturated rings. The highest BCUT2D eigenvalue weighted by Crippen LogP contribution is 2.27. The number of carbonyl (C=O) groups excluding carboxylic acids is 1. The molecule has 1 rings (SSSR count). The largest absolute Gasteiger partial charge is 0.349 e. The Morgan fingerprint density at radius 2 is 1.81 bits per heavy atom. The number of carbonyl (C=O) groups is 1. The number of hydrogen-bond donors (Lipinski definition) is 2. The Labute approximate surface area is 133 Å². The third-order valence-electron chi connectivity index (χ3n) is 4.26. The fourth-order valence-corrected chi connectivity index (χ4v) is 3.07. The predicted octanol–water partition coefficient (Wildman–Crippen LogP) is 3.74. The summed E-state index contributed by atoms with van der Waals surface area (Å²) < 4.78 is 0. The van der Waals surface area contributed by atoms with Crippen molar-refractivity contribution in [1.82, 2.24) is 5.32 Å². The van der Waals surface area contributed by atoms with Gasteiger partial charge in [0.25, 0.3) is 0 Å². The second-order valence-corrected chi connectivity index (χ2v) is 6.73. The molecule has 1 unspecified atom stereocenters. The van der Waals surface area contributed by atoms with E-state index in [0.29, 0.717) is 6.54 Å². The molecule has 1 amide bonds. The Balaban J connectivity index is 2.75. The highest BCUT2D eigenvalue weighted by Gasteiger charge is 2.33. The zero-order chi connectivity index (χ0) is 15.9. The maximum absolute atomic E-state index is 12.5. The topological polar surface area (TPSA) is 55.1 Å². The monoisotopic (exact) mass is 308 g/mol. The Morgan fingerprint density at radius 3 is 2.24 bits per heavy atom. The summed E-state index contributed by atoms with van der Waals surface area (Å²) in [6, 6.07) is 8.40. The molecule has 0 aliphatic heterocycles.